The molecule has 21 heavy (non-hydrogen) atoms. The molecule has 2 aliphatic carbocycles. The first-order chi connectivity index (χ1) is 9.83. The number of urea groups is 1. The Labute approximate surface area is 123 Å². The van der Waals surface area contributed by atoms with Gasteiger partial charge in [-0.25, -0.2) is 4.79 Å². The molecule has 0 aliphatic heterocycles. The van der Waals surface area contributed by atoms with Crippen LogP contribution in [0, 0.1) is 5.41 Å². The average Bonchev–Trinajstić information content (AvgIpc) is 3.29. The molecule has 0 bridgehead atoms. The molecule has 0 saturated heterocycles. The van der Waals surface area contributed by atoms with Crippen LogP contribution >= 0.6 is 0 Å². The van der Waals surface area contributed by atoms with Crippen LogP contribution < -0.4 is 10.6 Å². The molecule has 1 aromatic rings. The van der Waals surface area contributed by atoms with E-state index in [4.69, 9.17) is 0 Å². The van der Waals surface area contributed by atoms with Gasteiger partial charge in [0.05, 0.1) is 5.41 Å². The number of hydrogen-bond donors (Lipinski definition) is 3. The lowest BCUT2D eigenvalue weighted by atomic mass is 9.96. The van der Waals surface area contributed by atoms with Crippen LogP contribution in [0.15, 0.2) is 24.3 Å². The number of carbonyl (C=O) groups is 2. The van der Waals surface area contributed by atoms with Gasteiger partial charge >= 0.3 is 12.0 Å². The molecule has 2 saturated carbocycles. The Bertz CT molecular complexity index is 588. The van der Waals surface area contributed by atoms with Crippen molar-refractivity contribution >= 4 is 17.7 Å². The van der Waals surface area contributed by atoms with Crippen molar-refractivity contribution in [3.05, 3.63) is 29.8 Å². The SMILES string of the molecule is CC1(C)CC1NC(=O)Nc1ccc(C2(C(=O)O)CC2)cc1. The minimum atomic E-state index is -0.767. The van der Waals surface area contributed by atoms with Crippen LogP contribution in [0.4, 0.5) is 10.5 Å². The van der Waals surface area contributed by atoms with Gasteiger partial charge in [-0.3, -0.25) is 4.79 Å². The molecule has 1 unspecified atom stereocenters. The summed E-state index contributed by atoms with van der Waals surface area (Å²) in [5.41, 5.74) is 0.986. The van der Waals surface area contributed by atoms with Crippen molar-refractivity contribution in [1.82, 2.24) is 5.32 Å². The third-order valence-electron chi connectivity index (χ3n) is 4.67. The number of aliphatic carboxylic acids is 1. The zero-order valence-corrected chi connectivity index (χ0v) is 12.3. The number of rotatable bonds is 4. The fourth-order valence-electron chi connectivity index (χ4n) is 2.66. The number of nitrogens with one attached hydrogen (secondary N) is 2. The van der Waals surface area contributed by atoms with E-state index in [1.807, 2.05) is 0 Å². The van der Waals surface area contributed by atoms with Gasteiger partial charge in [-0.05, 0) is 42.4 Å². The summed E-state index contributed by atoms with van der Waals surface area (Å²) in [6.07, 6.45) is 2.37. The maximum atomic E-state index is 11.8. The van der Waals surface area contributed by atoms with E-state index >= 15 is 0 Å². The highest BCUT2D eigenvalue weighted by Gasteiger charge is 2.51. The van der Waals surface area contributed by atoms with E-state index < -0.39 is 11.4 Å². The van der Waals surface area contributed by atoms with Crippen molar-refractivity contribution in [2.45, 2.75) is 44.6 Å². The van der Waals surface area contributed by atoms with Crippen molar-refractivity contribution in [2.75, 3.05) is 5.32 Å². The molecule has 1 atom stereocenters. The van der Waals surface area contributed by atoms with Crippen molar-refractivity contribution in [3.8, 4) is 0 Å². The number of carboxylic acids is 1. The topological polar surface area (TPSA) is 78.4 Å². The first kappa shape index (κ1) is 13.9. The number of carboxylic acid groups (broad SMARTS) is 1. The maximum Gasteiger partial charge on any atom is 0.319 e. The molecule has 3 rings (SSSR count). The third kappa shape index (κ3) is 2.60. The van der Waals surface area contributed by atoms with E-state index in [1.165, 1.54) is 0 Å². The van der Waals surface area contributed by atoms with Crippen LogP contribution in [-0.2, 0) is 10.2 Å². The van der Waals surface area contributed by atoms with Gasteiger partial charge in [0, 0.05) is 11.7 Å². The molecule has 2 fully saturated rings. The van der Waals surface area contributed by atoms with Gasteiger partial charge in [0.1, 0.15) is 0 Å². The minimum Gasteiger partial charge on any atom is -0.481 e. The van der Waals surface area contributed by atoms with E-state index in [1.54, 1.807) is 24.3 Å². The van der Waals surface area contributed by atoms with Crippen molar-refractivity contribution in [2.24, 2.45) is 5.41 Å². The van der Waals surface area contributed by atoms with E-state index in [0.29, 0.717) is 18.5 Å². The molecule has 2 amide bonds. The van der Waals surface area contributed by atoms with Gasteiger partial charge in [-0.2, -0.15) is 0 Å². The summed E-state index contributed by atoms with van der Waals surface area (Å²) >= 11 is 0. The fraction of sp³-hybridized carbons (Fsp3) is 0.500. The first-order valence-corrected chi connectivity index (χ1v) is 7.25. The minimum absolute atomic E-state index is 0.195. The summed E-state index contributed by atoms with van der Waals surface area (Å²) < 4.78 is 0. The predicted octanol–water partition coefficient (Wildman–Crippen LogP) is 2.72. The second-order valence-corrected chi connectivity index (χ2v) is 6.81. The van der Waals surface area contributed by atoms with E-state index in [0.717, 1.165) is 12.0 Å². The molecule has 5 nitrogen and oxygen atoms in total. The molecule has 0 aromatic heterocycles. The van der Waals surface area contributed by atoms with Crippen LogP contribution in [0.25, 0.3) is 0 Å². The normalized spacial score (nSPS) is 24.0. The summed E-state index contributed by atoms with van der Waals surface area (Å²) in [5, 5.41) is 15.0. The van der Waals surface area contributed by atoms with E-state index in [2.05, 4.69) is 24.5 Å². The zero-order chi connectivity index (χ0) is 15.3. The average molecular weight is 288 g/mol. The highest BCUT2D eigenvalue weighted by molar-refractivity contribution is 5.90. The lowest BCUT2D eigenvalue weighted by Gasteiger charge is -2.12. The van der Waals surface area contributed by atoms with Crippen LogP contribution in [0.1, 0.15) is 38.7 Å². The molecule has 0 spiro atoms. The van der Waals surface area contributed by atoms with Gasteiger partial charge < -0.3 is 15.7 Å². The molecule has 0 radical (unpaired) electrons. The number of amides is 2. The number of benzene rings is 1. The van der Waals surface area contributed by atoms with E-state index in [9.17, 15) is 14.7 Å². The highest BCUT2D eigenvalue weighted by atomic mass is 16.4. The Hall–Kier alpha value is -2.04. The zero-order valence-electron chi connectivity index (χ0n) is 12.3. The number of hydrogen-bond acceptors (Lipinski definition) is 2. The third-order valence-corrected chi connectivity index (χ3v) is 4.67. The largest absolute Gasteiger partial charge is 0.481 e. The highest BCUT2D eigenvalue weighted by Crippen LogP contribution is 2.48. The summed E-state index contributed by atoms with van der Waals surface area (Å²) in [7, 11) is 0. The Morgan fingerprint density at radius 1 is 1.19 bits per heavy atom. The molecule has 3 N–H and O–H groups in total. The summed E-state index contributed by atoms with van der Waals surface area (Å²) in [4.78, 5) is 23.1. The van der Waals surface area contributed by atoms with Gasteiger partial charge in [0.15, 0.2) is 0 Å². The molecule has 1 aromatic carbocycles. The fourth-order valence-corrected chi connectivity index (χ4v) is 2.66. The molecule has 112 valence electrons. The van der Waals surface area contributed by atoms with Crippen molar-refractivity contribution < 1.29 is 14.7 Å². The second kappa shape index (κ2) is 4.48. The summed E-state index contributed by atoms with van der Waals surface area (Å²) in [6.45, 7) is 4.24. The molecule has 0 heterocycles. The monoisotopic (exact) mass is 288 g/mol. The molecular formula is C16H20N2O3. The van der Waals surface area contributed by atoms with Crippen LogP contribution in [0.3, 0.4) is 0 Å². The predicted molar refractivity (Wildman–Crippen MR) is 79.3 cm³/mol. The van der Waals surface area contributed by atoms with Crippen LogP contribution in [-0.4, -0.2) is 23.1 Å². The van der Waals surface area contributed by atoms with Gasteiger partial charge in [-0.15, -0.1) is 0 Å². The van der Waals surface area contributed by atoms with Gasteiger partial charge in [-0.1, -0.05) is 26.0 Å². The maximum absolute atomic E-state index is 11.8. The number of carbonyl (C=O) groups excluding carboxylic acids is 1. The van der Waals surface area contributed by atoms with Gasteiger partial charge in [0.25, 0.3) is 0 Å². The van der Waals surface area contributed by atoms with Crippen molar-refractivity contribution in [1.29, 1.82) is 0 Å². The lowest BCUT2D eigenvalue weighted by molar-refractivity contribution is -0.140. The van der Waals surface area contributed by atoms with Gasteiger partial charge in [0.2, 0.25) is 0 Å². The second-order valence-electron chi connectivity index (χ2n) is 6.81. The van der Waals surface area contributed by atoms with Crippen molar-refractivity contribution in [3.63, 3.8) is 0 Å². The Morgan fingerprint density at radius 3 is 2.19 bits per heavy atom. The standard InChI is InChI=1S/C16H20N2O3/c1-15(2)9-12(15)18-14(21)17-11-5-3-10(4-6-11)16(7-8-16)13(19)20/h3-6,12H,7-9H2,1-2H3,(H,19,20)(H2,17,18,21). The summed E-state index contributed by atoms with van der Waals surface area (Å²) in [5.74, 6) is -0.767. The van der Waals surface area contributed by atoms with Crippen LogP contribution in [0.2, 0.25) is 0 Å². The summed E-state index contributed by atoms with van der Waals surface area (Å²) in [6, 6.07) is 7.12. The smallest absolute Gasteiger partial charge is 0.319 e. The number of anilines is 1. The molecule has 5 heteroatoms. The lowest BCUT2D eigenvalue weighted by Crippen LogP contribution is -2.32. The van der Waals surface area contributed by atoms with E-state index in [-0.39, 0.29) is 17.5 Å². The Kier molecular flexibility index (Phi) is 2.97. The molecular weight excluding hydrogens is 268 g/mol. The first-order valence-electron chi connectivity index (χ1n) is 7.25. The Balaban J connectivity index is 1.60. The quantitative estimate of drug-likeness (QED) is 0.797. The Morgan fingerprint density at radius 2 is 1.76 bits per heavy atom. The van der Waals surface area contributed by atoms with Crippen LogP contribution in [0.5, 0.6) is 0 Å². The molecule has 2 aliphatic rings.